The lowest BCUT2D eigenvalue weighted by Crippen LogP contribution is -2.39. The van der Waals surface area contributed by atoms with Gasteiger partial charge in [0.15, 0.2) is 0 Å². The Kier molecular flexibility index (Phi) is 8.96. The minimum atomic E-state index is -0.512. The molecule has 0 bridgehead atoms. The third-order valence-electron chi connectivity index (χ3n) is 4.46. The molecule has 1 heterocycles. The number of hydrogen-bond acceptors (Lipinski definition) is 3. The molecule has 1 fully saturated rings. The first-order valence-corrected chi connectivity index (χ1v) is 10.2. The molecule has 2 aromatic rings. The van der Waals surface area contributed by atoms with Crippen molar-refractivity contribution in [1.29, 1.82) is 0 Å². The number of halogens is 3. The Morgan fingerprint density at radius 1 is 1.28 bits per heavy atom. The van der Waals surface area contributed by atoms with Crippen molar-refractivity contribution in [2.75, 3.05) is 18.4 Å². The van der Waals surface area contributed by atoms with E-state index >= 15 is 0 Å². The van der Waals surface area contributed by atoms with Crippen LogP contribution in [0, 0.1) is 5.82 Å². The van der Waals surface area contributed by atoms with E-state index in [-0.39, 0.29) is 16.8 Å². The molecule has 1 aliphatic heterocycles. The molecular weight excluding hydrogens is 412 g/mol. The van der Waals surface area contributed by atoms with E-state index in [1.165, 1.54) is 6.07 Å². The quantitative estimate of drug-likeness (QED) is 0.590. The average molecular weight is 438 g/mol. The molecule has 1 saturated heterocycles. The monoisotopic (exact) mass is 437 g/mol. The number of carbonyl (C=O) groups excluding carboxylic acids is 1. The van der Waals surface area contributed by atoms with E-state index in [9.17, 15) is 9.18 Å². The van der Waals surface area contributed by atoms with Crippen LogP contribution in [0.4, 0.5) is 10.1 Å². The van der Waals surface area contributed by atoms with Crippen molar-refractivity contribution in [2.45, 2.75) is 32.2 Å². The third kappa shape index (κ3) is 6.74. The predicted molar refractivity (Wildman–Crippen MR) is 119 cm³/mol. The van der Waals surface area contributed by atoms with E-state index in [2.05, 4.69) is 29.5 Å². The van der Waals surface area contributed by atoms with Gasteiger partial charge in [-0.1, -0.05) is 48.0 Å². The van der Waals surface area contributed by atoms with Crippen LogP contribution in [-0.2, 0) is 4.79 Å². The zero-order valence-corrected chi connectivity index (χ0v) is 18.1. The minimum Gasteiger partial charge on any atom is -0.389 e. The Morgan fingerprint density at radius 2 is 2.00 bits per heavy atom. The summed E-state index contributed by atoms with van der Waals surface area (Å²) < 4.78 is 14.3. The molecule has 29 heavy (non-hydrogen) atoms. The lowest BCUT2D eigenvalue weighted by atomic mass is 9.91. The van der Waals surface area contributed by atoms with Gasteiger partial charge in [0.2, 0.25) is 5.91 Å². The van der Waals surface area contributed by atoms with Gasteiger partial charge in [-0.2, -0.15) is 0 Å². The van der Waals surface area contributed by atoms with Gasteiger partial charge in [0.05, 0.1) is 11.1 Å². The van der Waals surface area contributed by atoms with Gasteiger partial charge in [0.25, 0.3) is 0 Å². The van der Waals surface area contributed by atoms with Gasteiger partial charge in [-0.05, 0) is 56.6 Å². The largest absolute Gasteiger partial charge is 0.389 e. The molecule has 2 unspecified atom stereocenters. The molecule has 0 aromatic heterocycles. The standard InChI is InChI=1S/C17H15Cl2FN2O.C5H11N/c18-10-3-1-4-11(9-10)22-17(23)16-13(7-8-21-16)12-5-2-6-14(19)15(12)20;1-4-6-5(2)3/h1-6,9,13,16,21H,7-8H2,(H,22,23);6H,2,4H2,1,3H3. The molecule has 7 heteroatoms. The van der Waals surface area contributed by atoms with Crippen LogP contribution in [0.25, 0.3) is 0 Å². The normalized spacial score (nSPS) is 17.8. The summed E-state index contributed by atoms with van der Waals surface area (Å²) in [6, 6.07) is 11.3. The van der Waals surface area contributed by atoms with Crippen LogP contribution < -0.4 is 16.0 Å². The number of anilines is 1. The third-order valence-corrected chi connectivity index (χ3v) is 4.98. The fraction of sp³-hybridized carbons (Fsp3) is 0.318. The first kappa shape index (κ1) is 23.2. The summed E-state index contributed by atoms with van der Waals surface area (Å²) >= 11 is 11.8. The fourth-order valence-electron chi connectivity index (χ4n) is 3.21. The second-order valence-corrected chi connectivity index (χ2v) is 7.62. The Labute approximate surface area is 181 Å². The molecule has 2 aromatic carbocycles. The molecule has 1 amide bonds. The highest BCUT2D eigenvalue weighted by Crippen LogP contribution is 2.33. The molecule has 0 radical (unpaired) electrons. The van der Waals surface area contributed by atoms with Gasteiger partial charge in [-0.15, -0.1) is 0 Å². The average Bonchev–Trinajstić information content (AvgIpc) is 3.14. The van der Waals surface area contributed by atoms with E-state index in [1.54, 1.807) is 36.4 Å². The number of allylic oxidation sites excluding steroid dienone is 1. The van der Waals surface area contributed by atoms with Crippen LogP contribution in [0.15, 0.2) is 54.7 Å². The van der Waals surface area contributed by atoms with E-state index in [0.29, 0.717) is 29.2 Å². The van der Waals surface area contributed by atoms with Crippen LogP contribution in [-0.4, -0.2) is 25.0 Å². The van der Waals surface area contributed by atoms with Crippen LogP contribution >= 0.6 is 23.2 Å². The van der Waals surface area contributed by atoms with Crippen molar-refractivity contribution in [2.24, 2.45) is 0 Å². The molecule has 2 atom stereocenters. The fourth-order valence-corrected chi connectivity index (χ4v) is 3.58. The number of nitrogens with one attached hydrogen (secondary N) is 3. The van der Waals surface area contributed by atoms with Crippen molar-refractivity contribution >= 4 is 34.8 Å². The molecule has 156 valence electrons. The summed E-state index contributed by atoms with van der Waals surface area (Å²) in [5.74, 6) is -0.926. The highest BCUT2D eigenvalue weighted by molar-refractivity contribution is 6.31. The zero-order valence-electron chi connectivity index (χ0n) is 16.6. The highest BCUT2D eigenvalue weighted by Gasteiger charge is 2.35. The van der Waals surface area contributed by atoms with Crippen molar-refractivity contribution in [3.05, 3.63) is 76.2 Å². The van der Waals surface area contributed by atoms with Gasteiger partial charge in [0, 0.05) is 28.9 Å². The summed E-state index contributed by atoms with van der Waals surface area (Å²) in [4.78, 5) is 12.5. The van der Waals surface area contributed by atoms with Crippen molar-refractivity contribution in [3.63, 3.8) is 0 Å². The minimum absolute atomic E-state index is 0.0726. The molecule has 0 saturated carbocycles. The maximum absolute atomic E-state index is 14.3. The van der Waals surface area contributed by atoms with E-state index in [4.69, 9.17) is 23.2 Å². The number of benzene rings is 2. The smallest absolute Gasteiger partial charge is 0.242 e. The maximum atomic E-state index is 14.3. The molecule has 3 rings (SSSR count). The van der Waals surface area contributed by atoms with Crippen LogP contribution in [0.2, 0.25) is 10.0 Å². The Morgan fingerprint density at radius 3 is 2.62 bits per heavy atom. The molecule has 4 nitrogen and oxygen atoms in total. The zero-order chi connectivity index (χ0) is 21.4. The molecule has 0 spiro atoms. The Balaban J connectivity index is 0.000000438. The summed E-state index contributed by atoms with van der Waals surface area (Å²) in [6.45, 7) is 9.26. The van der Waals surface area contributed by atoms with Crippen LogP contribution in [0.5, 0.6) is 0 Å². The van der Waals surface area contributed by atoms with Gasteiger partial charge in [0.1, 0.15) is 5.82 Å². The van der Waals surface area contributed by atoms with Crippen molar-refractivity contribution in [3.8, 4) is 0 Å². The van der Waals surface area contributed by atoms with E-state index in [0.717, 1.165) is 12.2 Å². The molecule has 3 N–H and O–H groups in total. The van der Waals surface area contributed by atoms with Crippen molar-refractivity contribution in [1.82, 2.24) is 10.6 Å². The second kappa shape index (κ2) is 11.2. The van der Waals surface area contributed by atoms with Gasteiger partial charge in [-0.25, -0.2) is 4.39 Å². The summed E-state index contributed by atoms with van der Waals surface area (Å²) in [5.41, 5.74) is 2.12. The van der Waals surface area contributed by atoms with E-state index in [1.807, 2.05) is 6.92 Å². The first-order chi connectivity index (χ1) is 13.8. The number of rotatable bonds is 5. The van der Waals surface area contributed by atoms with Crippen LogP contribution in [0.3, 0.4) is 0 Å². The number of hydrogen-bond donors (Lipinski definition) is 3. The lowest BCUT2D eigenvalue weighted by Gasteiger charge is -2.20. The van der Waals surface area contributed by atoms with Gasteiger partial charge < -0.3 is 16.0 Å². The van der Waals surface area contributed by atoms with Gasteiger partial charge >= 0.3 is 0 Å². The Hall–Kier alpha value is -2.08. The second-order valence-electron chi connectivity index (χ2n) is 6.78. The van der Waals surface area contributed by atoms with Gasteiger partial charge in [-0.3, -0.25) is 4.79 Å². The Bertz CT molecular complexity index is 860. The molecule has 1 aliphatic rings. The number of carbonyl (C=O) groups is 1. The van der Waals surface area contributed by atoms with E-state index < -0.39 is 11.9 Å². The topological polar surface area (TPSA) is 53.2 Å². The lowest BCUT2D eigenvalue weighted by molar-refractivity contribution is -0.118. The summed E-state index contributed by atoms with van der Waals surface area (Å²) in [7, 11) is 0. The summed E-state index contributed by atoms with van der Waals surface area (Å²) in [6.07, 6.45) is 0.672. The maximum Gasteiger partial charge on any atom is 0.242 e. The highest BCUT2D eigenvalue weighted by atomic mass is 35.5. The summed E-state index contributed by atoms with van der Waals surface area (Å²) in [5, 5.41) is 9.58. The molecular formula is C22H26Cl2FN3O. The van der Waals surface area contributed by atoms with Crippen molar-refractivity contribution < 1.29 is 9.18 Å². The predicted octanol–water partition coefficient (Wildman–Crippen LogP) is 5.35. The first-order valence-electron chi connectivity index (χ1n) is 9.46. The van der Waals surface area contributed by atoms with Crippen LogP contribution in [0.1, 0.15) is 31.7 Å². The molecule has 0 aliphatic carbocycles. The SMILES string of the molecule is C=C(C)NCC.O=C(Nc1cccc(Cl)c1)C1NCCC1c1cccc(Cl)c1F. The number of amides is 1.